The number of thioether (sulfide) groups is 1. The lowest BCUT2D eigenvalue weighted by molar-refractivity contribution is -0.140. The van der Waals surface area contributed by atoms with E-state index in [1.807, 2.05) is 25.1 Å². The van der Waals surface area contributed by atoms with Crippen LogP contribution in [0.1, 0.15) is 24.5 Å². The Labute approximate surface area is 106 Å². The molecular weight excluding hydrogens is 234 g/mol. The monoisotopic (exact) mass is 249 g/mol. The lowest BCUT2D eigenvalue weighted by Gasteiger charge is -2.09. The van der Waals surface area contributed by atoms with E-state index in [4.69, 9.17) is 5.26 Å². The van der Waals surface area contributed by atoms with Crippen molar-refractivity contribution in [2.75, 3.05) is 7.11 Å². The zero-order chi connectivity index (χ0) is 12.7. The zero-order valence-corrected chi connectivity index (χ0v) is 10.8. The molecule has 0 saturated heterocycles. The maximum absolute atomic E-state index is 11.1. The molecule has 0 unspecified atom stereocenters. The van der Waals surface area contributed by atoms with Crippen LogP contribution in [0.2, 0.25) is 0 Å². The summed E-state index contributed by atoms with van der Waals surface area (Å²) in [7, 11) is 1.40. The maximum Gasteiger partial charge on any atom is 0.306 e. The standard InChI is InChI=1S/C13H15NO2S/c1-10(6-13(15)16-2)17-9-12-5-3-4-11(7-12)8-14/h3-5,7,10H,6,9H2,1-2H3/t10-/m0/s1. The fraction of sp³-hybridized carbons (Fsp3) is 0.385. The van der Waals surface area contributed by atoms with E-state index in [1.54, 1.807) is 17.8 Å². The first-order valence-corrected chi connectivity index (χ1v) is 6.38. The third kappa shape index (κ3) is 4.92. The average Bonchev–Trinajstić information content (AvgIpc) is 2.36. The molecule has 1 aromatic carbocycles. The van der Waals surface area contributed by atoms with E-state index in [1.165, 1.54) is 7.11 Å². The first-order chi connectivity index (χ1) is 8.15. The van der Waals surface area contributed by atoms with Crippen molar-refractivity contribution in [1.29, 1.82) is 5.26 Å². The molecule has 0 aliphatic carbocycles. The molecule has 0 spiro atoms. The molecule has 4 heteroatoms. The van der Waals surface area contributed by atoms with Gasteiger partial charge in [0.15, 0.2) is 0 Å². The minimum Gasteiger partial charge on any atom is -0.469 e. The second-order valence-corrected chi connectivity index (χ2v) is 5.14. The molecule has 1 rings (SSSR count). The summed E-state index contributed by atoms with van der Waals surface area (Å²) in [6, 6.07) is 9.63. The van der Waals surface area contributed by atoms with Crippen LogP contribution < -0.4 is 0 Å². The van der Waals surface area contributed by atoms with Crippen molar-refractivity contribution in [3.8, 4) is 6.07 Å². The van der Waals surface area contributed by atoms with Gasteiger partial charge < -0.3 is 4.74 Å². The van der Waals surface area contributed by atoms with E-state index < -0.39 is 0 Å². The highest BCUT2D eigenvalue weighted by Gasteiger charge is 2.09. The minimum atomic E-state index is -0.184. The highest BCUT2D eigenvalue weighted by Crippen LogP contribution is 2.20. The van der Waals surface area contributed by atoms with Crippen LogP contribution in [0, 0.1) is 11.3 Å². The number of esters is 1. The molecular formula is C13H15NO2S. The van der Waals surface area contributed by atoms with Crippen LogP contribution in [0.25, 0.3) is 0 Å². The summed E-state index contributed by atoms with van der Waals surface area (Å²) in [6.45, 7) is 2.00. The van der Waals surface area contributed by atoms with E-state index in [-0.39, 0.29) is 11.2 Å². The van der Waals surface area contributed by atoms with Crippen molar-refractivity contribution in [3.63, 3.8) is 0 Å². The van der Waals surface area contributed by atoms with Gasteiger partial charge in [0.2, 0.25) is 0 Å². The number of ether oxygens (including phenoxy) is 1. The highest BCUT2D eigenvalue weighted by atomic mass is 32.2. The zero-order valence-electron chi connectivity index (χ0n) is 9.97. The second-order valence-electron chi connectivity index (χ2n) is 3.71. The van der Waals surface area contributed by atoms with Crippen LogP contribution in [0.15, 0.2) is 24.3 Å². The number of hydrogen-bond donors (Lipinski definition) is 0. The van der Waals surface area contributed by atoms with Crippen LogP contribution >= 0.6 is 11.8 Å². The molecule has 0 saturated carbocycles. The summed E-state index contributed by atoms with van der Waals surface area (Å²) in [4.78, 5) is 11.1. The average molecular weight is 249 g/mol. The molecule has 0 amide bonds. The molecule has 1 atom stereocenters. The van der Waals surface area contributed by atoms with Gasteiger partial charge >= 0.3 is 5.97 Å². The van der Waals surface area contributed by atoms with Crippen molar-refractivity contribution >= 4 is 17.7 Å². The SMILES string of the molecule is COC(=O)C[C@H](C)SCc1cccc(C#N)c1. The van der Waals surface area contributed by atoms with Gasteiger partial charge in [-0.3, -0.25) is 4.79 Å². The number of nitriles is 1. The number of carbonyl (C=O) groups excluding carboxylic acids is 1. The van der Waals surface area contributed by atoms with Gasteiger partial charge in [0.1, 0.15) is 0 Å². The summed E-state index contributed by atoms with van der Waals surface area (Å²) in [6.07, 6.45) is 0.416. The van der Waals surface area contributed by atoms with Crippen molar-refractivity contribution < 1.29 is 9.53 Å². The Balaban J connectivity index is 2.44. The molecule has 0 radical (unpaired) electrons. The number of rotatable bonds is 5. The van der Waals surface area contributed by atoms with Crippen LogP contribution in [-0.2, 0) is 15.3 Å². The summed E-state index contributed by atoms with van der Waals surface area (Å²) in [5.41, 5.74) is 1.77. The molecule has 0 aromatic heterocycles. The lowest BCUT2D eigenvalue weighted by atomic mass is 10.2. The lowest BCUT2D eigenvalue weighted by Crippen LogP contribution is -2.08. The van der Waals surface area contributed by atoms with Crippen molar-refractivity contribution in [2.24, 2.45) is 0 Å². The van der Waals surface area contributed by atoms with Gasteiger partial charge in [-0.05, 0) is 17.7 Å². The van der Waals surface area contributed by atoms with Gasteiger partial charge in [0.05, 0.1) is 25.2 Å². The van der Waals surface area contributed by atoms with E-state index in [2.05, 4.69) is 10.8 Å². The summed E-state index contributed by atoms with van der Waals surface area (Å²) < 4.78 is 4.61. The first-order valence-electron chi connectivity index (χ1n) is 5.33. The number of hydrogen-bond acceptors (Lipinski definition) is 4. The van der Waals surface area contributed by atoms with Gasteiger partial charge in [0, 0.05) is 11.0 Å². The molecule has 3 nitrogen and oxygen atoms in total. The third-order valence-electron chi connectivity index (χ3n) is 2.27. The predicted molar refractivity (Wildman–Crippen MR) is 68.5 cm³/mol. The minimum absolute atomic E-state index is 0.184. The Morgan fingerprint density at radius 1 is 1.59 bits per heavy atom. The molecule has 0 fully saturated rings. The predicted octanol–water partition coefficient (Wildman–Crippen LogP) is 2.74. The Morgan fingerprint density at radius 3 is 3.00 bits per heavy atom. The van der Waals surface area contributed by atoms with Gasteiger partial charge in [-0.1, -0.05) is 19.1 Å². The largest absolute Gasteiger partial charge is 0.469 e. The number of nitrogens with zero attached hydrogens (tertiary/aromatic N) is 1. The first kappa shape index (κ1) is 13.6. The number of carbonyl (C=O) groups is 1. The third-order valence-corrected chi connectivity index (χ3v) is 3.51. The molecule has 90 valence electrons. The molecule has 0 N–H and O–H groups in total. The Kier molecular flexibility index (Phi) is 5.58. The van der Waals surface area contributed by atoms with Crippen molar-refractivity contribution in [3.05, 3.63) is 35.4 Å². The summed E-state index contributed by atoms with van der Waals surface area (Å²) in [5.74, 6) is 0.615. The second kappa shape index (κ2) is 6.97. The van der Waals surface area contributed by atoms with Gasteiger partial charge in [0.25, 0.3) is 0 Å². The van der Waals surface area contributed by atoms with Crippen LogP contribution in [0.5, 0.6) is 0 Å². The topological polar surface area (TPSA) is 50.1 Å². The fourth-order valence-electron chi connectivity index (χ4n) is 1.35. The Morgan fingerprint density at radius 2 is 2.35 bits per heavy atom. The Bertz CT molecular complexity index is 426. The molecule has 17 heavy (non-hydrogen) atoms. The molecule has 0 aliphatic rings. The van der Waals surface area contributed by atoms with Gasteiger partial charge in [-0.15, -0.1) is 0 Å². The fourth-order valence-corrected chi connectivity index (χ4v) is 2.26. The van der Waals surface area contributed by atoms with E-state index in [9.17, 15) is 4.79 Å². The van der Waals surface area contributed by atoms with Crippen molar-refractivity contribution in [2.45, 2.75) is 24.3 Å². The molecule has 0 heterocycles. The quantitative estimate of drug-likeness (QED) is 0.753. The van der Waals surface area contributed by atoms with E-state index in [0.29, 0.717) is 12.0 Å². The van der Waals surface area contributed by atoms with Crippen LogP contribution in [0.3, 0.4) is 0 Å². The normalized spacial score (nSPS) is 11.6. The van der Waals surface area contributed by atoms with Gasteiger partial charge in [-0.2, -0.15) is 17.0 Å². The summed E-state index contributed by atoms with van der Waals surface area (Å²) >= 11 is 1.68. The molecule has 0 bridgehead atoms. The van der Waals surface area contributed by atoms with Crippen LogP contribution in [0.4, 0.5) is 0 Å². The summed E-state index contributed by atoms with van der Waals surface area (Å²) in [5, 5.41) is 8.99. The smallest absolute Gasteiger partial charge is 0.306 e. The van der Waals surface area contributed by atoms with E-state index >= 15 is 0 Å². The maximum atomic E-state index is 11.1. The molecule has 0 aliphatic heterocycles. The van der Waals surface area contributed by atoms with Crippen molar-refractivity contribution in [1.82, 2.24) is 0 Å². The van der Waals surface area contributed by atoms with Crippen LogP contribution in [-0.4, -0.2) is 18.3 Å². The highest BCUT2D eigenvalue weighted by molar-refractivity contribution is 7.99. The van der Waals surface area contributed by atoms with E-state index in [0.717, 1.165) is 11.3 Å². The van der Waals surface area contributed by atoms with Gasteiger partial charge in [-0.25, -0.2) is 0 Å². The Hall–Kier alpha value is -1.47. The number of benzene rings is 1. The molecule has 1 aromatic rings. The number of methoxy groups -OCH3 is 1.